The standard InChI is InChI=1S/C24H35NO/c1-16-12-17(2)23(18(3)13-16)22-5-4-20(15-22)14-19-8-10-25(11-9-19)24(26)21-6-7-21/h12-13,19-22H,4-11,14-15H2,1-3H3. The van der Waals surface area contributed by atoms with E-state index in [1.807, 2.05) is 0 Å². The van der Waals surface area contributed by atoms with Crippen molar-refractivity contribution in [2.45, 2.75) is 78.1 Å². The van der Waals surface area contributed by atoms with Crippen molar-refractivity contribution < 1.29 is 4.79 Å². The molecule has 3 fully saturated rings. The van der Waals surface area contributed by atoms with Crippen LogP contribution in [0.2, 0.25) is 0 Å². The van der Waals surface area contributed by atoms with Crippen LogP contribution in [0.4, 0.5) is 0 Å². The number of piperidine rings is 1. The summed E-state index contributed by atoms with van der Waals surface area (Å²) in [6, 6.07) is 4.73. The fourth-order valence-electron chi connectivity index (χ4n) is 5.84. The lowest BCUT2D eigenvalue weighted by molar-refractivity contribution is -0.134. The number of rotatable bonds is 4. The Morgan fingerprint density at radius 2 is 1.58 bits per heavy atom. The van der Waals surface area contributed by atoms with Gasteiger partial charge in [-0.15, -0.1) is 0 Å². The molecule has 1 heterocycles. The second-order valence-electron chi connectivity index (χ2n) is 9.47. The summed E-state index contributed by atoms with van der Waals surface area (Å²) in [6.45, 7) is 8.85. The fourth-order valence-corrected chi connectivity index (χ4v) is 5.84. The molecule has 2 unspecified atom stereocenters. The van der Waals surface area contributed by atoms with Gasteiger partial charge >= 0.3 is 0 Å². The number of carbonyl (C=O) groups excluding carboxylic acids is 1. The average Bonchev–Trinajstić information content (AvgIpc) is 3.35. The zero-order valence-corrected chi connectivity index (χ0v) is 16.9. The van der Waals surface area contributed by atoms with E-state index < -0.39 is 0 Å². The van der Waals surface area contributed by atoms with Gasteiger partial charge in [-0.3, -0.25) is 4.79 Å². The van der Waals surface area contributed by atoms with Gasteiger partial charge in [-0.25, -0.2) is 0 Å². The lowest BCUT2D eigenvalue weighted by Gasteiger charge is -2.33. The summed E-state index contributed by atoms with van der Waals surface area (Å²) in [4.78, 5) is 14.4. The highest BCUT2D eigenvalue weighted by Gasteiger charge is 2.36. The number of benzene rings is 1. The molecule has 2 aliphatic carbocycles. The zero-order chi connectivity index (χ0) is 18.3. The first-order valence-electron chi connectivity index (χ1n) is 10.9. The van der Waals surface area contributed by atoms with E-state index in [0.717, 1.165) is 43.7 Å². The molecular weight excluding hydrogens is 318 g/mol. The third kappa shape index (κ3) is 3.85. The number of nitrogens with zero attached hydrogens (tertiary/aromatic N) is 1. The van der Waals surface area contributed by atoms with Gasteiger partial charge in [-0.1, -0.05) is 17.7 Å². The van der Waals surface area contributed by atoms with E-state index in [-0.39, 0.29) is 0 Å². The summed E-state index contributed by atoms with van der Waals surface area (Å²) in [5, 5.41) is 0. The molecule has 1 aromatic rings. The number of carbonyl (C=O) groups is 1. The number of amides is 1. The highest BCUT2D eigenvalue weighted by atomic mass is 16.2. The maximum absolute atomic E-state index is 12.2. The molecule has 0 radical (unpaired) electrons. The van der Waals surface area contributed by atoms with E-state index in [1.54, 1.807) is 5.56 Å². The van der Waals surface area contributed by atoms with E-state index in [4.69, 9.17) is 0 Å². The Labute approximate surface area is 159 Å². The van der Waals surface area contributed by atoms with Gasteiger partial charge in [0.05, 0.1) is 0 Å². The molecule has 2 heteroatoms. The van der Waals surface area contributed by atoms with Crippen LogP contribution in [-0.4, -0.2) is 23.9 Å². The normalized spacial score (nSPS) is 27.1. The van der Waals surface area contributed by atoms with Gasteiger partial charge in [0, 0.05) is 19.0 Å². The van der Waals surface area contributed by atoms with Gasteiger partial charge in [0.1, 0.15) is 0 Å². The Morgan fingerprint density at radius 3 is 2.19 bits per heavy atom. The minimum Gasteiger partial charge on any atom is -0.342 e. The van der Waals surface area contributed by atoms with Gasteiger partial charge in [-0.2, -0.15) is 0 Å². The van der Waals surface area contributed by atoms with E-state index in [0.29, 0.717) is 11.8 Å². The topological polar surface area (TPSA) is 20.3 Å². The van der Waals surface area contributed by atoms with Gasteiger partial charge in [0.15, 0.2) is 0 Å². The number of aryl methyl sites for hydroxylation is 3. The van der Waals surface area contributed by atoms with Crippen LogP contribution >= 0.6 is 0 Å². The Hall–Kier alpha value is -1.31. The van der Waals surface area contributed by atoms with Crippen LogP contribution in [0, 0.1) is 38.5 Å². The zero-order valence-electron chi connectivity index (χ0n) is 16.9. The van der Waals surface area contributed by atoms with Crippen LogP contribution in [0.1, 0.15) is 79.5 Å². The summed E-state index contributed by atoms with van der Waals surface area (Å²) in [5.41, 5.74) is 6.04. The molecule has 2 atom stereocenters. The lowest BCUT2D eigenvalue weighted by atomic mass is 9.84. The largest absolute Gasteiger partial charge is 0.342 e. The predicted octanol–water partition coefficient (Wildman–Crippen LogP) is 5.53. The Kier molecular flexibility index (Phi) is 5.12. The molecule has 26 heavy (non-hydrogen) atoms. The van der Waals surface area contributed by atoms with Crippen molar-refractivity contribution in [3.05, 3.63) is 34.4 Å². The van der Waals surface area contributed by atoms with E-state index in [1.165, 1.54) is 55.2 Å². The van der Waals surface area contributed by atoms with Crippen LogP contribution in [0.5, 0.6) is 0 Å². The monoisotopic (exact) mass is 353 g/mol. The van der Waals surface area contributed by atoms with Crippen LogP contribution in [0.3, 0.4) is 0 Å². The highest BCUT2D eigenvalue weighted by molar-refractivity contribution is 5.81. The summed E-state index contributed by atoms with van der Waals surface area (Å²) >= 11 is 0. The first-order chi connectivity index (χ1) is 12.5. The molecule has 142 valence electrons. The molecule has 0 bridgehead atoms. The molecule has 0 N–H and O–H groups in total. The van der Waals surface area contributed by atoms with E-state index in [2.05, 4.69) is 37.8 Å². The summed E-state index contributed by atoms with van der Waals surface area (Å²) < 4.78 is 0. The minimum absolute atomic E-state index is 0.392. The molecule has 2 saturated carbocycles. The lowest BCUT2D eigenvalue weighted by Crippen LogP contribution is -2.39. The average molecular weight is 354 g/mol. The number of hydrogen-bond donors (Lipinski definition) is 0. The molecule has 4 rings (SSSR count). The van der Waals surface area contributed by atoms with E-state index >= 15 is 0 Å². The third-order valence-corrected chi connectivity index (χ3v) is 7.21. The number of likely N-dealkylation sites (tertiary alicyclic amines) is 1. The van der Waals surface area contributed by atoms with Crippen molar-refractivity contribution in [2.24, 2.45) is 17.8 Å². The molecule has 1 aromatic carbocycles. The van der Waals surface area contributed by atoms with Gasteiger partial charge < -0.3 is 4.90 Å². The number of hydrogen-bond acceptors (Lipinski definition) is 1. The Bertz CT molecular complexity index is 644. The van der Waals surface area contributed by atoms with Crippen molar-refractivity contribution >= 4 is 5.91 Å². The molecule has 0 aromatic heterocycles. The van der Waals surface area contributed by atoms with Crippen molar-refractivity contribution in [1.29, 1.82) is 0 Å². The minimum atomic E-state index is 0.392. The van der Waals surface area contributed by atoms with Gasteiger partial charge in [-0.05, 0) is 107 Å². The summed E-state index contributed by atoms with van der Waals surface area (Å²) in [7, 11) is 0. The smallest absolute Gasteiger partial charge is 0.225 e. The maximum atomic E-state index is 12.2. The molecule has 1 amide bonds. The summed E-state index contributed by atoms with van der Waals surface area (Å²) in [6.07, 6.45) is 10.3. The van der Waals surface area contributed by atoms with Gasteiger partial charge in [0.25, 0.3) is 0 Å². The quantitative estimate of drug-likeness (QED) is 0.696. The second-order valence-corrected chi connectivity index (χ2v) is 9.47. The van der Waals surface area contributed by atoms with Crippen molar-refractivity contribution in [1.82, 2.24) is 4.90 Å². The molecular formula is C24H35NO. The van der Waals surface area contributed by atoms with Crippen LogP contribution in [0.25, 0.3) is 0 Å². The highest BCUT2D eigenvalue weighted by Crippen LogP contribution is 2.44. The van der Waals surface area contributed by atoms with Crippen molar-refractivity contribution in [3.8, 4) is 0 Å². The first kappa shape index (κ1) is 18.1. The summed E-state index contributed by atoms with van der Waals surface area (Å²) in [5.74, 6) is 3.37. The maximum Gasteiger partial charge on any atom is 0.225 e. The molecule has 2 nitrogen and oxygen atoms in total. The predicted molar refractivity (Wildman–Crippen MR) is 107 cm³/mol. The van der Waals surface area contributed by atoms with Crippen molar-refractivity contribution in [3.63, 3.8) is 0 Å². The second kappa shape index (κ2) is 7.37. The molecule has 1 saturated heterocycles. The van der Waals surface area contributed by atoms with Crippen molar-refractivity contribution in [2.75, 3.05) is 13.1 Å². The Morgan fingerprint density at radius 1 is 0.923 bits per heavy atom. The molecule has 0 spiro atoms. The van der Waals surface area contributed by atoms with Crippen LogP contribution in [-0.2, 0) is 4.79 Å². The first-order valence-corrected chi connectivity index (χ1v) is 10.9. The van der Waals surface area contributed by atoms with Crippen LogP contribution in [0.15, 0.2) is 12.1 Å². The van der Waals surface area contributed by atoms with E-state index in [9.17, 15) is 4.79 Å². The third-order valence-electron chi connectivity index (χ3n) is 7.21. The molecule has 3 aliphatic rings. The SMILES string of the molecule is Cc1cc(C)c(C2CCC(CC3CCN(C(=O)C4CC4)CC3)C2)c(C)c1. The van der Waals surface area contributed by atoms with Gasteiger partial charge in [0.2, 0.25) is 5.91 Å². The molecule has 1 aliphatic heterocycles. The van der Waals surface area contributed by atoms with Crippen LogP contribution < -0.4 is 0 Å². The Balaban J connectivity index is 1.29. The fraction of sp³-hybridized carbons (Fsp3) is 0.708.